The minimum Gasteiger partial charge on any atom is -0.388 e. The van der Waals surface area contributed by atoms with E-state index in [1.54, 1.807) is 6.20 Å². The molecule has 4 bridgehead atoms. The molecule has 0 aromatic carbocycles. The minimum absolute atomic E-state index is 0.315. The Bertz CT molecular complexity index is 420. The smallest absolute Gasteiger partial charge is 0.0810 e. The summed E-state index contributed by atoms with van der Waals surface area (Å²) in [4.78, 5) is 4.14. The van der Waals surface area contributed by atoms with Crippen molar-refractivity contribution in [1.29, 1.82) is 0 Å². The van der Waals surface area contributed by atoms with Gasteiger partial charge < -0.3 is 5.11 Å². The molecular formula is C17H23NO. The minimum atomic E-state index is -0.315. The molecule has 0 spiro atoms. The van der Waals surface area contributed by atoms with Gasteiger partial charge in [-0.3, -0.25) is 4.98 Å². The Morgan fingerprint density at radius 3 is 2.32 bits per heavy atom. The first-order valence-electron chi connectivity index (χ1n) is 7.80. The Morgan fingerprint density at radius 1 is 1.16 bits per heavy atom. The van der Waals surface area contributed by atoms with Crippen LogP contribution in [-0.2, 0) is 0 Å². The van der Waals surface area contributed by atoms with Crippen LogP contribution in [0.4, 0.5) is 0 Å². The molecule has 2 heteroatoms. The average Bonchev–Trinajstić information content (AvgIpc) is 2.37. The molecule has 0 radical (unpaired) electrons. The maximum absolute atomic E-state index is 10.5. The monoisotopic (exact) mass is 257 g/mol. The molecule has 4 fully saturated rings. The summed E-state index contributed by atoms with van der Waals surface area (Å²) in [5.41, 5.74) is 1.45. The average molecular weight is 257 g/mol. The summed E-state index contributed by atoms with van der Waals surface area (Å²) >= 11 is 0. The van der Waals surface area contributed by atoms with E-state index in [2.05, 4.69) is 4.98 Å². The molecule has 0 amide bonds. The van der Waals surface area contributed by atoms with Gasteiger partial charge >= 0.3 is 0 Å². The number of aliphatic hydroxyl groups excluding tert-OH is 1. The zero-order chi connectivity index (χ0) is 12.9. The summed E-state index contributed by atoms with van der Waals surface area (Å²) in [6, 6.07) is 3.94. The number of rotatable bonds is 3. The Labute approximate surface area is 115 Å². The summed E-state index contributed by atoms with van der Waals surface area (Å²) in [5, 5.41) is 10.5. The van der Waals surface area contributed by atoms with E-state index in [4.69, 9.17) is 0 Å². The van der Waals surface area contributed by atoms with Crippen molar-refractivity contribution in [2.24, 2.45) is 23.2 Å². The molecule has 102 valence electrons. The Hall–Kier alpha value is -0.890. The molecule has 4 aliphatic rings. The normalized spacial score (nSPS) is 41.4. The molecular weight excluding hydrogens is 234 g/mol. The van der Waals surface area contributed by atoms with E-state index in [9.17, 15) is 5.11 Å². The molecule has 0 aliphatic heterocycles. The predicted molar refractivity (Wildman–Crippen MR) is 74.4 cm³/mol. The van der Waals surface area contributed by atoms with Gasteiger partial charge in [0.15, 0.2) is 0 Å². The van der Waals surface area contributed by atoms with Crippen molar-refractivity contribution in [2.45, 2.75) is 51.0 Å². The lowest BCUT2D eigenvalue weighted by Crippen LogP contribution is -2.46. The van der Waals surface area contributed by atoms with Crippen LogP contribution in [0, 0.1) is 23.2 Å². The van der Waals surface area contributed by atoms with Crippen molar-refractivity contribution < 1.29 is 5.11 Å². The zero-order valence-corrected chi connectivity index (χ0v) is 11.5. The molecule has 5 rings (SSSR count). The Kier molecular flexibility index (Phi) is 2.70. The SMILES string of the molecule is OC(CC12CC3CC(CC(C3)C1)C2)c1cccnc1. The van der Waals surface area contributed by atoms with E-state index in [0.29, 0.717) is 5.41 Å². The molecule has 1 N–H and O–H groups in total. The predicted octanol–water partition coefficient (Wildman–Crippen LogP) is 3.72. The molecule has 1 atom stereocenters. The second kappa shape index (κ2) is 4.31. The maximum Gasteiger partial charge on any atom is 0.0810 e. The number of hydrogen-bond donors (Lipinski definition) is 1. The Balaban J connectivity index is 1.53. The van der Waals surface area contributed by atoms with Crippen LogP contribution < -0.4 is 0 Å². The molecule has 1 aromatic rings. The van der Waals surface area contributed by atoms with Gasteiger partial charge in [0.25, 0.3) is 0 Å². The lowest BCUT2D eigenvalue weighted by atomic mass is 9.48. The topological polar surface area (TPSA) is 33.1 Å². The third-order valence-electron chi connectivity index (χ3n) is 5.86. The van der Waals surface area contributed by atoms with Crippen molar-refractivity contribution in [1.82, 2.24) is 4.98 Å². The fourth-order valence-corrected chi connectivity index (χ4v) is 5.64. The van der Waals surface area contributed by atoms with Crippen molar-refractivity contribution in [3.05, 3.63) is 30.1 Å². The van der Waals surface area contributed by atoms with Crippen molar-refractivity contribution >= 4 is 0 Å². The summed E-state index contributed by atoms with van der Waals surface area (Å²) < 4.78 is 0. The highest BCUT2D eigenvalue weighted by Crippen LogP contribution is 2.62. The second-order valence-corrected chi connectivity index (χ2v) is 7.42. The van der Waals surface area contributed by atoms with Crippen molar-refractivity contribution in [3.8, 4) is 0 Å². The number of nitrogens with zero attached hydrogens (tertiary/aromatic N) is 1. The van der Waals surface area contributed by atoms with Crippen LogP contribution in [0.25, 0.3) is 0 Å². The van der Waals surface area contributed by atoms with Gasteiger partial charge in [-0.05, 0) is 79.7 Å². The summed E-state index contributed by atoms with van der Waals surface area (Å²) in [5.74, 6) is 2.90. The van der Waals surface area contributed by atoms with Gasteiger partial charge in [0.2, 0.25) is 0 Å². The maximum atomic E-state index is 10.5. The fourth-order valence-electron chi connectivity index (χ4n) is 5.64. The highest BCUT2D eigenvalue weighted by Gasteiger charge is 2.51. The molecule has 4 aliphatic carbocycles. The summed E-state index contributed by atoms with van der Waals surface area (Å²) in [6.07, 6.45) is 12.8. The van der Waals surface area contributed by atoms with E-state index in [0.717, 1.165) is 29.7 Å². The Morgan fingerprint density at radius 2 is 1.79 bits per heavy atom. The van der Waals surface area contributed by atoms with Gasteiger partial charge in [0.05, 0.1) is 6.10 Å². The standard InChI is InChI=1S/C17H23NO/c19-16(15-2-1-3-18-11-15)10-17-7-12-4-13(8-17)6-14(5-12)9-17/h1-3,11-14,16,19H,4-10H2. The van der Waals surface area contributed by atoms with Crippen LogP contribution in [0.1, 0.15) is 56.6 Å². The van der Waals surface area contributed by atoms with E-state index < -0.39 is 0 Å². The van der Waals surface area contributed by atoms with Crippen LogP contribution in [0.3, 0.4) is 0 Å². The zero-order valence-electron chi connectivity index (χ0n) is 11.5. The summed E-state index contributed by atoms with van der Waals surface area (Å²) in [7, 11) is 0. The first kappa shape index (κ1) is 11.9. The van der Waals surface area contributed by atoms with Gasteiger partial charge in [-0.2, -0.15) is 0 Å². The fraction of sp³-hybridized carbons (Fsp3) is 0.706. The van der Waals surface area contributed by atoms with Gasteiger partial charge in [-0.15, -0.1) is 0 Å². The largest absolute Gasteiger partial charge is 0.388 e. The first-order chi connectivity index (χ1) is 9.22. The van der Waals surface area contributed by atoms with Gasteiger partial charge in [-0.1, -0.05) is 6.07 Å². The lowest BCUT2D eigenvalue weighted by molar-refractivity contribution is -0.0764. The number of pyridine rings is 1. The third-order valence-corrected chi connectivity index (χ3v) is 5.86. The quantitative estimate of drug-likeness (QED) is 0.895. The van der Waals surface area contributed by atoms with Gasteiger partial charge in [-0.25, -0.2) is 0 Å². The van der Waals surface area contributed by atoms with Crippen LogP contribution in [0.2, 0.25) is 0 Å². The van der Waals surface area contributed by atoms with Crippen LogP contribution in [0.5, 0.6) is 0 Å². The van der Waals surface area contributed by atoms with Crippen molar-refractivity contribution in [2.75, 3.05) is 0 Å². The van der Waals surface area contributed by atoms with E-state index >= 15 is 0 Å². The van der Waals surface area contributed by atoms with Crippen LogP contribution >= 0.6 is 0 Å². The van der Waals surface area contributed by atoms with Crippen molar-refractivity contribution in [3.63, 3.8) is 0 Å². The van der Waals surface area contributed by atoms with E-state index in [-0.39, 0.29) is 6.10 Å². The van der Waals surface area contributed by atoms with Gasteiger partial charge in [0.1, 0.15) is 0 Å². The number of aromatic nitrogens is 1. The number of aliphatic hydroxyl groups is 1. The van der Waals surface area contributed by atoms with E-state index in [1.165, 1.54) is 38.5 Å². The highest BCUT2D eigenvalue weighted by atomic mass is 16.3. The van der Waals surface area contributed by atoms with Gasteiger partial charge in [0, 0.05) is 12.4 Å². The summed E-state index contributed by atoms with van der Waals surface area (Å²) in [6.45, 7) is 0. The second-order valence-electron chi connectivity index (χ2n) is 7.42. The number of hydrogen-bond acceptors (Lipinski definition) is 2. The third kappa shape index (κ3) is 2.10. The first-order valence-corrected chi connectivity index (χ1v) is 7.80. The molecule has 1 aromatic heterocycles. The molecule has 2 nitrogen and oxygen atoms in total. The molecule has 1 heterocycles. The molecule has 19 heavy (non-hydrogen) atoms. The van der Waals surface area contributed by atoms with Crippen LogP contribution in [0.15, 0.2) is 24.5 Å². The molecule has 1 unspecified atom stereocenters. The van der Waals surface area contributed by atoms with Crippen LogP contribution in [-0.4, -0.2) is 10.1 Å². The molecule has 0 saturated heterocycles. The lowest BCUT2D eigenvalue weighted by Gasteiger charge is -2.57. The highest BCUT2D eigenvalue weighted by molar-refractivity contribution is 5.13. The van der Waals surface area contributed by atoms with E-state index in [1.807, 2.05) is 18.3 Å². The molecule has 4 saturated carbocycles.